The number of pyridine rings is 1. The van der Waals surface area contributed by atoms with Crippen molar-refractivity contribution in [2.45, 2.75) is 58.2 Å². The van der Waals surface area contributed by atoms with Crippen LogP contribution in [-0.4, -0.2) is 53.5 Å². The summed E-state index contributed by atoms with van der Waals surface area (Å²) in [4.78, 5) is 13.6. The Kier molecular flexibility index (Phi) is 6.69. The average molecular weight is 440 g/mol. The highest BCUT2D eigenvalue weighted by Crippen LogP contribution is 2.29. The Morgan fingerprint density at radius 1 is 1.19 bits per heavy atom. The fraction of sp³-hybridized carbons (Fsp3) is 0.522. The van der Waals surface area contributed by atoms with E-state index in [-0.39, 0.29) is 0 Å². The van der Waals surface area contributed by atoms with Crippen molar-refractivity contribution in [3.05, 3.63) is 36.4 Å². The van der Waals surface area contributed by atoms with Crippen molar-refractivity contribution in [2.24, 2.45) is 0 Å². The smallest absolute Gasteiger partial charge is 0.128 e. The molecule has 0 radical (unpaired) electrons. The summed E-state index contributed by atoms with van der Waals surface area (Å²) in [5.41, 5.74) is 3.03. The highest BCUT2D eigenvalue weighted by molar-refractivity contribution is 6.76. The summed E-state index contributed by atoms with van der Waals surface area (Å²) in [5.74, 6) is 1.65. The average Bonchev–Trinajstić information content (AvgIpc) is 3.09. The molecule has 3 aromatic heterocycles. The summed E-state index contributed by atoms with van der Waals surface area (Å²) in [7, 11) is -1.14. The Balaban J connectivity index is 1.64. The van der Waals surface area contributed by atoms with Gasteiger partial charge in [-0.15, -0.1) is 0 Å². The van der Waals surface area contributed by atoms with Crippen molar-refractivity contribution < 1.29 is 9.47 Å². The first-order valence-corrected chi connectivity index (χ1v) is 14.8. The monoisotopic (exact) mass is 439 g/mol. The van der Waals surface area contributed by atoms with Crippen molar-refractivity contribution in [3.63, 3.8) is 0 Å². The van der Waals surface area contributed by atoms with Crippen molar-refractivity contribution in [1.29, 1.82) is 0 Å². The minimum absolute atomic E-state index is 0.402. The molecule has 0 bridgehead atoms. The maximum atomic E-state index is 6.14. The van der Waals surface area contributed by atoms with E-state index in [1.807, 2.05) is 25.4 Å². The van der Waals surface area contributed by atoms with E-state index in [0.29, 0.717) is 12.8 Å². The lowest BCUT2D eigenvalue weighted by Gasteiger charge is -2.23. The SMILES string of the molecule is Cc1nccc(-c2cc3cnc(NC4CCOCC4)cc3n2COCC[Si](C)(C)C)n1. The molecule has 1 aliphatic heterocycles. The molecule has 1 fully saturated rings. The standard InChI is InChI=1S/C23H33N5O2Si/c1-17-24-8-5-20(26-17)22-13-18-15-25-23(27-19-6-9-29-10-7-19)14-21(18)28(22)16-30-11-12-31(2,3)4/h5,8,13-15,19H,6-7,9-12,16H2,1-4H3,(H,25,27). The van der Waals surface area contributed by atoms with Crippen LogP contribution in [0.15, 0.2) is 30.6 Å². The number of anilines is 1. The van der Waals surface area contributed by atoms with E-state index in [9.17, 15) is 0 Å². The third-order valence-electron chi connectivity index (χ3n) is 5.61. The Morgan fingerprint density at radius 3 is 2.74 bits per heavy atom. The predicted octanol–water partition coefficient (Wildman–Crippen LogP) is 4.70. The third-order valence-corrected chi connectivity index (χ3v) is 7.32. The number of hydrogen-bond donors (Lipinski definition) is 1. The molecule has 8 heteroatoms. The summed E-state index contributed by atoms with van der Waals surface area (Å²) >= 11 is 0. The van der Waals surface area contributed by atoms with Gasteiger partial charge in [-0.25, -0.2) is 15.0 Å². The molecule has 0 aromatic carbocycles. The van der Waals surface area contributed by atoms with E-state index in [1.54, 1.807) is 0 Å². The zero-order valence-electron chi connectivity index (χ0n) is 19.0. The summed E-state index contributed by atoms with van der Waals surface area (Å²) < 4.78 is 13.8. The summed E-state index contributed by atoms with van der Waals surface area (Å²) in [6, 6.07) is 7.77. The van der Waals surface area contributed by atoms with Gasteiger partial charge in [0.15, 0.2) is 0 Å². The number of aryl methyl sites for hydroxylation is 1. The minimum atomic E-state index is -1.14. The number of ether oxygens (including phenoxy) is 2. The van der Waals surface area contributed by atoms with E-state index in [0.717, 1.165) is 72.6 Å². The van der Waals surface area contributed by atoms with E-state index in [2.05, 4.69) is 56.6 Å². The van der Waals surface area contributed by atoms with Crippen LogP contribution in [0.2, 0.25) is 25.7 Å². The zero-order valence-corrected chi connectivity index (χ0v) is 20.0. The van der Waals surface area contributed by atoms with Crippen LogP contribution in [0, 0.1) is 6.92 Å². The molecule has 166 valence electrons. The maximum absolute atomic E-state index is 6.14. The Bertz CT molecular complexity index is 1020. The van der Waals surface area contributed by atoms with Gasteiger partial charge in [-0.2, -0.15) is 0 Å². The van der Waals surface area contributed by atoms with Gasteiger partial charge in [0.2, 0.25) is 0 Å². The van der Waals surface area contributed by atoms with Gasteiger partial charge in [0.25, 0.3) is 0 Å². The van der Waals surface area contributed by atoms with Gasteiger partial charge >= 0.3 is 0 Å². The number of nitrogens with one attached hydrogen (secondary N) is 1. The number of aromatic nitrogens is 4. The topological polar surface area (TPSA) is 74.1 Å². The molecule has 0 spiro atoms. The largest absolute Gasteiger partial charge is 0.381 e. The summed E-state index contributed by atoms with van der Waals surface area (Å²) in [6.07, 6.45) is 5.76. The second-order valence-electron chi connectivity index (χ2n) is 9.45. The zero-order chi connectivity index (χ0) is 21.8. The van der Waals surface area contributed by atoms with Crippen LogP contribution in [0.1, 0.15) is 18.7 Å². The second kappa shape index (κ2) is 9.46. The number of hydrogen-bond acceptors (Lipinski definition) is 6. The molecule has 0 atom stereocenters. The highest BCUT2D eigenvalue weighted by Gasteiger charge is 2.17. The molecule has 4 rings (SSSR count). The highest BCUT2D eigenvalue weighted by atomic mass is 28.3. The molecule has 0 unspecified atom stereocenters. The molecule has 7 nitrogen and oxygen atoms in total. The van der Waals surface area contributed by atoms with Crippen molar-refractivity contribution in [3.8, 4) is 11.4 Å². The Hall–Kier alpha value is -2.29. The maximum Gasteiger partial charge on any atom is 0.128 e. The fourth-order valence-electron chi connectivity index (χ4n) is 3.77. The molecule has 4 heterocycles. The van der Waals surface area contributed by atoms with Crippen LogP contribution < -0.4 is 5.32 Å². The van der Waals surface area contributed by atoms with Gasteiger partial charge in [0, 0.05) is 57.8 Å². The molecular formula is C23H33N5O2Si. The van der Waals surface area contributed by atoms with E-state index >= 15 is 0 Å². The molecule has 1 aliphatic rings. The summed E-state index contributed by atoms with van der Waals surface area (Å²) in [5, 5.41) is 4.66. The van der Waals surface area contributed by atoms with Crippen LogP contribution in [-0.2, 0) is 16.2 Å². The molecule has 31 heavy (non-hydrogen) atoms. The van der Waals surface area contributed by atoms with Crippen LogP contribution in [0.4, 0.5) is 5.82 Å². The minimum Gasteiger partial charge on any atom is -0.381 e. The number of fused-ring (bicyclic) bond motifs is 1. The normalized spacial score (nSPS) is 15.5. The molecule has 0 saturated carbocycles. The van der Waals surface area contributed by atoms with Crippen molar-refractivity contribution >= 4 is 24.8 Å². The van der Waals surface area contributed by atoms with Crippen LogP contribution in [0.5, 0.6) is 0 Å². The van der Waals surface area contributed by atoms with Gasteiger partial charge in [-0.3, -0.25) is 0 Å². The third kappa shape index (κ3) is 5.69. The molecule has 0 amide bonds. The molecule has 0 aliphatic carbocycles. The van der Waals surface area contributed by atoms with Gasteiger partial charge in [-0.05, 0) is 37.9 Å². The molecule has 3 aromatic rings. The quantitative estimate of drug-likeness (QED) is 0.405. The second-order valence-corrected chi connectivity index (χ2v) is 15.1. The van der Waals surface area contributed by atoms with Crippen molar-refractivity contribution in [2.75, 3.05) is 25.1 Å². The van der Waals surface area contributed by atoms with E-state index in [1.165, 1.54) is 0 Å². The first kappa shape index (κ1) is 21.9. The molecule has 1 saturated heterocycles. The number of rotatable bonds is 8. The molecular weight excluding hydrogens is 406 g/mol. The summed E-state index contributed by atoms with van der Waals surface area (Å²) in [6.45, 7) is 11.9. The van der Waals surface area contributed by atoms with Gasteiger partial charge in [0.05, 0.1) is 16.9 Å². The van der Waals surface area contributed by atoms with Crippen LogP contribution in [0.25, 0.3) is 22.3 Å². The fourth-order valence-corrected chi connectivity index (χ4v) is 4.53. The predicted molar refractivity (Wildman–Crippen MR) is 127 cm³/mol. The first-order valence-electron chi connectivity index (χ1n) is 11.1. The van der Waals surface area contributed by atoms with Crippen molar-refractivity contribution in [1.82, 2.24) is 19.5 Å². The van der Waals surface area contributed by atoms with Gasteiger partial charge in [0.1, 0.15) is 18.4 Å². The van der Waals surface area contributed by atoms with Gasteiger partial charge < -0.3 is 19.4 Å². The lowest BCUT2D eigenvalue weighted by molar-refractivity contribution is 0.0903. The van der Waals surface area contributed by atoms with Crippen LogP contribution in [0.3, 0.4) is 0 Å². The van der Waals surface area contributed by atoms with Crippen LogP contribution >= 0.6 is 0 Å². The first-order chi connectivity index (χ1) is 14.9. The number of nitrogens with zero attached hydrogens (tertiary/aromatic N) is 4. The van der Waals surface area contributed by atoms with Gasteiger partial charge in [-0.1, -0.05) is 19.6 Å². The lowest BCUT2D eigenvalue weighted by Crippen LogP contribution is -2.28. The van der Waals surface area contributed by atoms with E-state index in [4.69, 9.17) is 9.47 Å². The Morgan fingerprint density at radius 2 is 2.00 bits per heavy atom. The molecule has 1 N–H and O–H groups in total. The van der Waals surface area contributed by atoms with E-state index < -0.39 is 8.07 Å². The Labute approximate surface area is 185 Å². The lowest BCUT2D eigenvalue weighted by atomic mass is 10.1.